The van der Waals surface area contributed by atoms with E-state index in [4.69, 9.17) is 4.74 Å². The van der Waals surface area contributed by atoms with Crippen LogP contribution in [0, 0.1) is 0 Å². The van der Waals surface area contributed by atoms with Gasteiger partial charge >= 0.3 is 6.03 Å². The lowest BCUT2D eigenvalue weighted by Gasteiger charge is -2.19. The third-order valence-electron chi connectivity index (χ3n) is 5.07. The van der Waals surface area contributed by atoms with Crippen molar-refractivity contribution in [3.63, 3.8) is 0 Å². The number of rotatable bonds is 6. The number of ether oxygens (including phenoxy) is 1. The fourth-order valence-electron chi connectivity index (χ4n) is 3.43. The van der Waals surface area contributed by atoms with Crippen LogP contribution in [0.5, 0.6) is 11.5 Å². The Balaban J connectivity index is 1.29. The zero-order valence-electron chi connectivity index (χ0n) is 16.8. The summed E-state index contributed by atoms with van der Waals surface area (Å²) in [5.74, 6) is 1.33. The van der Waals surface area contributed by atoms with Gasteiger partial charge in [-0.2, -0.15) is 0 Å². The van der Waals surface area contributed by atoms with Crippen molar-refractivity contribution in [1.29, 1.82) is 0 Å². The lowest BCUT2D eigenvalue weighted by atomic mass is 10.2. The van der Waals surface area contributed by atoms with Gasteiger partial charge in [0, 0.05) is 42.4 Å². The third-order valence-corrected chi connectivity index (χ3v) is 5.07. The van der Waals surface area contributed by atoms with Crippen LogP contribution < -0.4 is 25.6 Å². The van der Waals surface area contributed by atoms with E-state index in [1.54, 1.807) is 36.7 Å². The molecule has 2 heterocycles. The van der Waals surface area contributed by atoms with E-state index in [2.05, 4.69) is 25.8 Å². The lowest BCUT2D eigenvalue weighted by molar-refractivity contribution is 0.262. The largest absolute Gasteiger partial charge is 0.456 e. The van der Waals surface area contributed by atoms with E-state index < -0.39 is 0 Å². The van der Waals surface area contributed by atoms with Gasteiger partial charge in [-0.3, -0.25) is 4.98 Å². The van der Waals surface area contributed by atoms with Gasteiger partial charge in [-0.15, -0.1) is 0 Å². The van der Waals surface area contributed by atoms with Crippen LogP contribution in [0.25, 0.3) is 0 Å². The second-order valence-corrected chi connectivity index (χ2v) is 7.16. The van der Waals surface area contributed by atoms with E-state index in [-0.39, 0.29) is 6.03 Å². The zero-order valence-corrected chi connectivity index (χ0v) is 16.8. The molecule has 7 heteroatoms. The number of nitrogens with zero attached hydrogens (tertiary/aromatic N) is 2. The summed E-state index contributed by atoms with van der Waals surface area (Å²) in [4.78, 5) is 18.7. The van der Waals surface area contributed by atoms with Crippen LogP contribution in [0.2, 0.25) is 0 Å². The smallest absolute Gasteiger partial charge is 0.323 e. The number of carbonyl (C=O) groups excluding carboxylic acids is 1. The summed E-state index contributed by atoms with van der Waals surface area (Å²) in [7, 11) is 2.00. The Bertz CT molecular complexity index is 961. The first kappa shape index (κ1) is 19.7. The van der Waals surface area contributed by atoms with E-state index in [0.717, 1.165) is 25.2 Å². The number of amides is 2. The fourth-order valence-corrected chi connectivity index (χ4v) is 3.43. The van der Waals surface area contributed by atoms with Gasteiger partial charge in [0.25, 0.3) is 0 Å². The quantitative estimate of drug-likeness (QED) is 0.571. The molecule has 0 spiro atoms. The molecular formula is C23H25N5O2. The molecule has 1 unspecified atom stereocenters. The topological polar surface area (TPSA) is 78.5 Å². The standard InChI is InChI=1S/C23H25N5O2/c1-24-19-12-14-28(16-19)20-8-4-17(5-9-20)26-23(29)27-18-6-10-21(11-7-18)30-22-3-2-13-25-15-22/h2-11,13,15,19,24H,12,14,16H2,1H3,(H2,26,27,29). The Kier molecular flexibility index (Phi) is 6.10. The Hall–Kier alpha value is -3.58. The fraction of sp³-hybridized carbons (Fsp3) is 0.217. The van der Waals surface area contributed by atoms with Crippen LogP contribution in [-0.4, -0.2) is 37.2 Å². The molecule has 1 atom stereocenters. The van der Waals surface area contributed by atoms with Crippen LogP contribution in [-0.2, 0) is 0 Å². The SMILES string of the molecule is CNC1CCN(c2ccc(NC(=O)Nc3ccc(Oc4cccnc4)cc3)cc2)C1. The van der Waals surface area contributed by atoms with Crippen molar-refractivity contribution < 1.29 is 9.53 Å². The molecule has 1 fully saturated rings. The molecule has 1 aliphatic rings. The average molecular weight is 403 g/mol. The van der Waals surface area contributed by atoms with Gasteiger partial charge in [-0.25, -0.2) is 4.79 Å². The Morgan fingerprint density at radius 3 is 2.30 bits per heavy atom. The monoisotopic (exact) mass is 403 g/mol. The summed E-state index contributed by atoms with van der Waals surface area (Å²) in [5, 5.41) is 9.01. The maximum absolute atomic E-state index is 12.3. The number of aromatic nitrogens is 1. The molecule has 0 bridgehead atoms. The van der Waals surface area contributed by atoms with Gasteiger partial charge in [0.1, 0.15) is 11.5 Å². The van der Waals surface area contributed by atoms with Gasteiger partial charge < -0.3 is 25.6 Å². The van der Waals surface area contributed by atoms with Gasteiger partial charge in [0.2, 0.25) is 0 Å². The number of nitrogens with one attached hydrogen (secondary N) is 3. The highest BCUT2D eigenvalue weighted by atomic mass is 16.5. The number of hydrogen-bond acceptors (Lipinski definition) is 5. The van der Waals surface area contributed by atoms with Crippen LogP contribution >= 0.6 is 0 Å². The molecule has 2 aromatic carbocycles. The minimum absolute atomic E-state index is 0.292. The predicted octanol–water partition coefficient (Wildman–Crippen LogP) is 4.32. The summed E-state index contributed by atoms with van der Waals surface area (Å²) in [5.41, 5.74) is 2.60. The highest BCUT2D eigenvalue weighted by Gasteiger charge is 2.20. The van der Waals surface area contributed by atoms with Gasteiger partial charge in [-0.05, 0) is 74.1 Å². The van der Waals surface area contributed by atoms with Crippen LogP contribution in [0.15, 0.2) is 73.1 Å². The van der Waals surface area contributed by atoms with Gasteiger partial charge in [-0.1, -0.05) is 0 Å². The predicted molar refractivity (Wildman–Crippen MR) is 120 cm³/mol. The van der Waals surface area contributed by atoms with Crippen molar-refractivity contribution in [3.8, 4) is 11.5 Å². The molecule has 0 saturated carbocycles. The van der Waals surface area contributed by atoms with Gasteiger partial charge in [0.15, 0.2) is 0 Å². The maximum Gasteiger partial charge on any atom is 0.323 e. The summed E-state index contributed by atoms with van der Waals surface area (Å²) in [6.45, 7) is 2.05. The second kappa shape index (κ2) is 9.28. The van der Waals surface area contributed by atoms with E-state index in [1.165, 1.54) is 5.69 Å². The molecule has 1 aromatic heterocycles. The molecular weight excluding hydrogens is 378 g/mol. The summed E-state index contributed by atoms with van der Waals surface area (Å²) < 4.78 is 5.70. The molecule has 3 aromatic rings. The molecule has 2 amide bonds. The molecule has 0 aliphatic carbocycles. The number of benzene rings is 2. The Morgan fingerprint density at radius 1 is 1.00 bits per heavy atom. The Morgan fingerprint density at radius 2 is 1.70 bits per heavy atom. The highest BCUT2D eigenvalue weighted by molar-refractivity contribution is 5.99. The molecule has 4 rings (SSSR count). The third kappa shape index (κ3) is 5.07. The number of anilines is 3. The van der Waals surface area contributed by atoms with Crippen LogP contribution in [0.1, 0.15) is 6.42 Å². The van der Waals surface area contributed by atoms with E-state index >= 15 is 0 Å². The number of likely N-dealkylation sites (N-methyl/N-ethyl adjacent to an activating group) is 1. The minimum atomic E-state index is -0.292. The van der Waals surface area contributed by atoms with E-state index in [1.807, 2.05) is 43.4 Å². The summed E-state index contributed by atoms with van der Waals surface area (Å²) in [6.07, 6.45) is 4.48. The van der Waals surface area contributed by atoms with E-state index in [9.17, 15) is 4.79 Å². The molecule has 30 heavy (non-hydrogen) atoms. The molecule has 3 N–H and O–H groups in total. The number of urea groups is 1. The molecule has 1 aliphatic heterocycles. The first-order chi connectivity index (χ1) is 14.7. The molecule has 1 saturated heterocycles. The normalized spacial score (nSPS) is 15.6. The number of carbonyl (C=O) groups is 1. The minimum Gasteiger partial charge on any atom is -0.456 e. The van der Waals surface area contributed by atoms with Crippen LogP contribution in [0.3, 0.4) is 0 Å². The Labute approximate surface area is 176 Å². The number of hydrogen-bond donors (Lipinski definition) is 3. The molecule has 7 nitrogen and oxygen atoms in total. The summed E-state index contributed by atoms with van der Waals surface area (Å²) in [6, 6.07) is 19.0. The van der Waals surface area contributed by atoms with E-state index in [0.29, 0.717) is 23.2 Å². The lowest BCUT2D eigenvalue weighted by Crippen LogP contribution is -2.29. The van der Waals surface area contributed by atoms with Crippen molar-refractivity contribution in [3.05, 3.63) is 73.1 Å². The summed E-state index contributed by atoms with van der Waals surface area (Å²) >= 11 is 0. The van der Waals surface area contributed by atoms with Crippen molar-refractivity contribution in [1.82, 2.24) is 10.3 Å². The highest BCUT2D eigenvalue weighted by Crippen LogP contribution is 2.24. The van der Waals surface area contributed by atoms with Crippen molar-refractivity contribution in [2.75, 3.05) is 35.7 Å². The first-order valence-corrected chi connectivity index (χ1v) is 9.98. The molecule has 0 radical (unpaired) electrons. The second-order valence-electron chi connectivity index (χ2n) is 7.16. The number of pyridine rings is 1. The molecule has 154 valence electrons. The van der Waals surface area contributed by atoms with Crippen molar-refractivity contribution in [2.45, 2.75) is 12.5 Å². The first-order valence-electron chi connectivity index (χ1n) is 9.98. The average Bonchev–Trinajstić information content (AvgIpc) is 3.26. The zero-order chi connectivity index (χ0) is 20.8. The maximum atomic E-state index is 12.3. The van der Waals surface area contributed by atoms with Crippen molar-refractivity contribution >= 4 is 23.1 Å². The van der Waals surface area contributed by atoms with Crippen molar-refractivity contribution in [2.24, 2.45) is 0 Å². The van der Waals surface area contributed by atoms with Crippen LogP contribution in [0.4, 0.5) is 21.9 Å². The van der Waals surface area contributed by atoms with Gasteiger partial charge in [0.05, 0.1) is 6.20 Å².